The fourth-order valence-electron chi connectivity index (χ4n) is 2.42. The summed E-state index contributed by atoms with van der Waals surface area (Å²) in [5.74, 6) is -0.971. The topological polar surface area (TPSA) is 73.2 Å². The van der Waals surface area contributed by atoms with Crippen molar-refractivity contribution in [3.8, 4) is 0 Å². The van der Waals surface area contributed by atoms with Gasteiger partial charge >= 0.3 is 5.97 Å². The number of hydrogen-bond acceptors (Lipinski definition) is 4. The number of amides is 1. The summed E-state index contributed by atoms with van der Waals surface area (Å²) in [5, 5.41) is 7.22. The number of esters is 1. The molecule has 0 aliphatic heterocycles. The molecule has 6 nitrogen and oxygen atoms in total. The maximum absolute atomic E-state index is 12.3. The van der Waals surface area contributed by atoms with E-state index in [1.54, 1.807) is 11.6 Å². The maximum atomic E-state index is 12.3. The summed E-state index contributed by atoms with van der Waals surface area (Å²) in [6.07, 6.45) is 1.87. The van der Waals surface area contributed by atoms with Crippen molar-refractivity contribution in [3.63, 3.8) is 0 Å². The van der Waals surface area contributed by atoms with Gasteiger partial charge in [-0.15, -0.1) is 0 Å². The van der Waals surface area contributed by atoms with Gasteiger partial charge in [0.15, 0.2) is 6.61 Å². The molecule has 0 unspecified atom stereocenters. The van der Waals surface area contributed by atoms with Crippen LogP contribution in [0.4, 0.5) is 0 Å². The highest BCUT2D eigenvalue weighted by molar-refractivity contribution is 6.32. The molecule has 7 heteroatoms. The molecular weight excluding hydrogens is 354 g/mol. The molecule has 1 aromatic carbocycles. The molecule has 1 amide bonds. The number of halogens is 1. The van der Waals surface area contributed by atoms with Crippen LogP contribution in [0, 0.1) is 13.8 Å². The summed E-state index contributed by atoms with van der Waals surface area (Å²) in [6, 6.07) is 7.99. The minimum atomic E-state index is -0.645. The van der Waals surface area contributed by atoms with Crippen molar-refractivity contribution < 1.29 is 14.3 Å². The zero-order chi connectivity index (χ0) is 19.1. The predicted molar refractivity (Wildman–Crippen MR) is 100 cm³/mol. The van der Waals surface area contributed by atoms with Crippen molar-refractivity contribution in [2.24, 2.45) is 0 Å². The molecule has 1 N–H and O–H groups in total. The first-order valence-corrected chi connectivity index (χ1v) is 9.02. The first-order valence-electron chi connectivity index (χ1n) is 8.64. The second kappa shape index (κ2) is 9.38. The fourth-order valence-corrected chi connectivity index (χ4v) is 2.73. The predicted octanol–water partition coefficient (Wildman–Crippen LogP) is 3.27. The van der Waals surface area contributed by atoms with Gasteiger partial charge in [-0.3, -0.25) is 4.79 Å². The van der Waals surface area contributed by atoms with E-state index in [0.29, 0.717) is 18.8 Å². The first-order chi connectivity index (χ1) is 12.4. The van der Waals surface area contributed by atoms with E-state index in [1.165, 1.54) is 0 Å². The number of rotatable bonds is 8. The van der Waals surface area contributed by atoms with E-state index in [4.69, 9.17) is 16.3 Å². The van der Waals surface area contributed by atoms with E-state index in [-0.39, 0.29) is 23.2 Å². The Kier molecular flexibility index (Phi) is 7.21. The van der Waals surface area contributed by atoms with Crippen LogP contribution in [0.3, 0.4) is 0 Å². The Morgan fingerprint density at radius 2 is 1.92 bits per heavy atom. The van der Waals surface area contributed by atoms with Gasteiger partial charge in [0.1, 0.15) is 10.7 Å². The standard InChI is InChI=1S/C19H24ClN3O3/c1-4-5-10-21-16(24)12-26-19(25)17-14(3)22-23(18(17)20)11-15-8-6-13(2)7-9-15/h6-9H,4-5,10-12H2,1-3H3,(H,21,24). The summed E-state index contributed by atoms with van der Waals surface area (Å²) in [4.78, 5) is 23.9. The molecule has 1 heterocycles. The largest absolute Gasteiger partial charge is 0.452 e. The molecule has 0 spiro atoms. The number of ether oxygens (including phenoxy) is 1. The van der Waals surface area contributed by atoms with Crippen molar-refractivity contribution in [1.29, 1.82) is 0 Å². The normalized spacial score (nSPS) is 10.6. The van der Waals surface area contributed by atoms with Crippen LogP contribution >= 0.6 is 11.6 Å². The lowest BCUT2D eigenvalue weighted by Gasteiger charge is -2.06. The average molecular weight is 378 g/mol. The number of nitrogens with zero attached hydrogens (tertiary/aromatic N) is 2. The molecule has 2 rings (SSSR count). The second-order valence-electron chi connectivity index (χ2n) is 6.17. The van der Waals surface area contributed by atoms with Gasteiger partial charge < -0.3 is 10.1 Å². The Bertz CT molecular complexity index is 769. The molecule has 0 aliphatic carbocycles. The van der Waals surface area contributed by atoms with Crippen molar-refractivity contribution in [2.45, 2.75) is 40.2 Å². The lowest BCUT2D eigenvalue weighted by Crippen LogP contribution is -2.29. The smallest absolute Gasteiger partial charge is 0.343 e. The Labute approximate surface area is 158 Å². The molecule has 0 atom stereocenters. The van der Waals surface area contributed by atoms with Crippen LogP contribution in [0.1, 0.15) is 46.9 Å². The third-order valence-corrected chi connectivity index (χ3v) is 4.29. The van der Waals surface area contributed by atoms with Crippen molar-refractivity contribution in [3.05, 3.63) is 51.8 Å². The third-order valence-electron chi connectivity index (χ3n) is 3.91. The van der Waals surface area contributed by atoms with E-state index in [1.807, 2.05) is 38.1 Å². The van der Waals surface area contributed by atoms with Gasteiger partial charge in [-0.05, 0) is 25.8 Å². The zero-order valence-electron chi connectivity index (χ0n) is 15.3. The Morgan fingerprint density at radius 3 is 2.58 bits per heavy atom. The van der Waals surface area contributed by atoms with Gasteiger partial charge in [-0.1, -0.05) is 54.8 Å². The summed E-state index contributed by atoms with van der Waals surface area (Å²) >= 11 is 6.32. The highest BCUT2D eigenvalue weighted by atomic mass is 35.5. The SMILES string of the molecule is CCCCNC(=O)COC(=O)c1c(C)nn(Cc2ccc(C)cc2)c1Cl. The maximum Gasteiger partial charge on any atom is 0.343 e. The monoisotopic (exact) mass is 377 g/mol. The lowest BCUT2D eigenvalue weighted by atomic mass is 10.1. The van der Waals surface area contributed by atoms with Gasteiger partial charge in [-0.2, -0.15) is 5.10 Å². The number of nitrogens with one attached hydrogen (secondary N) is 1. The lowest BCUT2D eigenvalue weighted by molar-refractivity contribution is -0.124. The molecule has 0 saturated heterocycles. The van der Waals surface area contributed by atoms with Gasteiger partial charge in [0, 0.05) is 6.54 Å². The van der Waals surface area contributed by atoms with Gasteiger partial charge in [0.2, 0.25) is 0 Å². The van der Waals surface area contributed by atoms with Crippen LogP contribution < -0.4 is 5.32 Å². The highest BCUT2D eigenvalue weighted by Gasteiger charge is 2.22. The Balaban J connectivity index is 2.00. The number of carbonyl (C=O) groups is 2. The van der Waals surface area contributed by atoms with Gasteiger partial charge in [0.25, 0.3) is 5.91 Å². The van der Waals surface area contributed by atoms with Crippen molar-refractivity contribution in [2.75, 3.05) is 13.2 Å². The molecule has 0 saturated carbocycles. The van der Waals surface area contributed by atoms with Crippen LogP contribution in [0.15, 0.2) is 24.3 Å². The van der Waals surface area contributed by atoms with Crippen LogP contribution in [-0.2, 0) is 16.1 Å². The quantitative estimate of drug-likeness (QED) is 0.566. The van der Waals surface area contributed by atoms with E-state index in [0.717, 1.165) is 24.0 Å². The summed E-state index contributed by atoms with van der Waals surface area (Å²) < 4.78 is 6.63. The number of aryl methyl sites for hydroxylation is 2. The first kappa shape index (κ1) is 20.0. The number of aromatic nitrogens is 2. The van der Waals surface area contributed by atoms with Gasteiger partial charge in [0.05, 0.1) is 12.2 Å². The number of hydrogen-bond donors (Lipinski definition) is 1. The molecule has 26 heavy (non-hydrogen) atoms. The van der Waals surface area contributed by atoms with Crippen molar-refractivity contribution >= 4 is 23.5 Å². The number of carbonyl (C=O) groups excluding carboxylic acids is 2. The van der Waals surface area contributed by atoms with E-state index in [9.17, 15) is 9.59 Å². The third kappa shape index (κ3) is 5.33. The molecule has 0 fully saturated rings. The minimum absolute atomic E-state index is 0.195. The second-order valence-corrected chi connectivity index (χ2v) is 6.53. The van der Waals surface area contributed by atoms with Crippen LogP contribution in [-0.4, -0.2) is 34.8 Å². The average Bonchev–Trinajstić information content (AvgIpc) is 2.89. The van der Waals surface area contributed by atoms with E-state index < -0.39 is 5.97 Å². The fraction of sp³-hybridized carbons (Fsp3) is 0.421. The zero-order valence-corrected chi connectivity index (χ0v) is 16.1. The Morgan fingerprint density at radius 1 is 1.23 bits per heavy atom. The molecule has 0 radical (unpaired) electrons. The van der Waals surface area contributed by atoms with Crippen molar-refractivity contribution in [1.82, 2.24) is 15.1 Å². The summed E-state index contributed by atoms with van der Waals surface area (Å²) in [5.41, 5.74) is 2.85. The number of benzene rings is 1. The molecule has 2 aromatic rings. The molecule has 0 aliphatic rings. The Hall–Kier alpha value is -2.34. The van der Waals surface area contributed by atoms with Crippen LogP contribution in [0.5, 0.6) is 0 Å². The molecular formula is C19H24ClN3O3. The van der Waals surface area contributed by atoms with Crippen LogP contribution in [0.25, 0.3) is 0 Å². The van der Waals surface area contributed by atoms with Crippen LogP contribution in [0.2, 0.25) is 5.15 Å². The minimum Gasteiger partial charge on any atom is -0.452 e. The number of unbranched alkanes of at least 4 members (excludes halogenated alkanes) is 1. The molecule has 140 valence electrons. The van der Waals surface area contributed by atoms with E-state index in [2.05, 4.69) is 10.4 Å². The summed E-state index contributed by atoms with van der Waals surface area (Å²) in [7, 11) is 0. The van der Waals surface area contributed by atoms with E-state index >= 15 is 0 Å². The molecule has 1 aromatic heterocycles. The summed E-state index contributed by atoms with van der Waals surface area (Å²) in [6.45, 7) is 6.43. The van der Waals surface area contributed by atoms with Gasteiger partial charge in [-0.25, -0.2) is 9.48 Å². The molecule has 0 bridgehead atoms. The highest BCUT2D eigenvalue weighted by Crippen LogP contribution is 2.22.